The van der Waals surface area contributed by atoms with E-state index in [1.807, 2.05) is 50.2 Å². The monoisotopic (exact) mass is 380 g/mol. The highest BCUT2D eigenvalue weighted by Crippen LogP contribution is 2.36. The van der Waals surface area contributed by atoms with Crippen molar-refractivity contribution >= 4 is 23.2 Å². The Morgan fingerprint density at radius 1 is 1.14 bits per heavy atom. The van der Waals surface area contributed by atoms with Crippen LogP contribution in [0.2, 0.25) is 0 Å². The fourth-order valence-electron chi connectivity index (χ4n) is 3.51. The first-order chi connectivity index (χ1) is 13.5. The number of benzene rings is 2. The fourth-order valence-corrected chi connectivity index (χ4v) is 3.51. The highest BCUT2D eigenvalue weighted by atomic mass is 16.5. The molecule has 28 heavy (non-hydrogen) atoms. The summed E-state index contributed by atoms with van der Waals surface area (Å²) >= 11 is 0. The number of rotatable bonds is 7. The lowest BCUT2D eigenvalue weighted by atomic mass is 10.0. The molecule has 1 unspecified atom stereocenters. The Bertz CT molecular complexity index is 831. The van der Waals surface area contributed by atoms with Gasteiger partial charge in [0.2, 0.25) is 5.91 Å². The maximum atomic E-state index is 12.7. The standard InChI is InChI=1S/C23H28N2O3/c1-4-18(5-2)22(26)24-19-11-12-20-21(15-19)28-16(3)23(27)25(20)14-13-17-9-7-6-8-10-17/h6-12,15-16,18H,4-5,13-14H2,1-3H3,(H,24,26). The van der Waals surface area contributed by atoms with Crippen molar-refractivity contribution in [3.63, 3.8) is 0 Å². The van der Waals surface area contributed by atoms with Gasteiger partial charge in [0.1, 0.15) is 5.75 Å². The van der Waals surface area contributed by atoms with Gasteiger partial charge in [-0.25, -0.2) is 0 Å². The highest BCUT2D eigenvalue weighted by molar-refractivity contribution is 6.00. The smallest absolute Gasteiger partial charge is 0.267 e. The third-order valence-electron chi connectivity index (χ3n) is 5.26. The molecule has 0 fully saturated rings. The quantitative estimate of drug-likeness (QED) is 0.774. The summed E-state index contributed by atoms with van der Waals surface area (Å²) in [7, 11) is 0. The zero-order valence-electron chi connectivity index (χ0n) is 16.8. The number of carbonyl (C=O) groups is 2. The Hall–Kier alpha value is -2.82. The molecule has 0 aromatic heterocycles. The van der Waals surface area contributed by atoms with E-state index in [0.717, 1.165) is 24.9 Å². The molecule has 2 aromatic rings. The maximum absolute atomic E-state index is 12.7. The Morgan fingerprint density at radius 3 is 2.54 bits per heavy atom. The summed E-state index contributed by atoms with van der Waals surface area (Å²) in [5.41, 5.74) is 2.63. The van der Waals surface area contributed by atoms with Crippen LogP contribution >= 0.6 is 0 Å². The van der Waals surface area contributed by atoms with Crippen LogP contribution in [-0.4, -0.2) is 24.5 Å². The Balaban J connectivity index is 1.78. The Labute approximate surface area is 166 Å². The minimum absolute atomic E-state index is 0.000164. The molecule has 0 saturated carbocycles. The number of nitrogens with one attached hydrogen (secondary N) is 1. The molecule has 1 aliphatic rings. The zero-order valence-corrected chi connectivity index (χ0v) is 16.8. The summed E-state index contributed by atoms with van der Waals surface area (Å²) in [6.07, 6.45) is 1.84. The van der Waals surface area contributed by atoms with Gasteiger partial charge >= 0.3 is 0 Å². The lowest BCUT2D eigenvalue weighted by Gasteiger charge is -2.33. The molecular weight excluding hydrogens is 352 g/mol. The Kier molecular flexibility index (Phi) is 6.34. The first-order valence-corrected chi connectivity index (χ1v) is 10.00. The SMILES string of the molecule is CCC(CC)C(=O)Nc1ccc2c(c1)OC(C)C(=O)N2CCc1ccccc1. The van der Waals surface area contributed by atoms with Gasteiger partial charge in [-0.15, -0.1) is 0 Å². The van der Waals surface area contributed by atoms with Crippen LogP contribution in [0, 0.1) is 5.92 Å². The van der Waals surface area contributed by atoms with Crippen molar-refractivity contribution in [1.29, 1.82) is 0 Å². The average molecular weight is 380 g/mol. The minimum atomic E-state index is -0.548. The van der Waals surface area contributed by atoms with Crippen molar-refractivity contribution in [2.24, 2.45) is 5.92 Å². The van der Waals surface area contributed by atoms with Crippen LogP contribution in [0.25, 0.3) is 0 Å². The third-order valence-corrected chi connectivity index (χ3v) is 5.26. The van der Waals surface area contributed by atoms with Gasteiger partial charge in [0.15, 0.2) is 6.10 Å². The molecule has 2 aromatic carbocycles. The van der Waals surface area contributed by atoms with E-state index in [4.69, 9.17) is 4.74 Å². The molecule has 1 aliphatic heterocycles. The van der Waals surface area contributed by atoms with Gasteiger partial charge in [0.25, 0.3) is 5.91 Å². The molecule has 0 radical (unpaired) electrons. The topological polar surface area (TPSA) is 58.6 Å². The summed E-state index contributed by atoms with van der Waals surface area (Å²) in [5.74, 6) is 0.602. The highest BCUT2D eigenvalue weighted by Gasteiger charge is 2.31. The normalized spacial score (nSPS) is 15.9. The summed E-state index contributed by atoms with van der Waals surface area (Å²) in [4.78, 5) is 26.8. The van der Waals surface area contributed by atoms with E-state index < -0.39 is 6.10 Å². The molecule has 2 amide bonds. The molecule has 1 atom stereocenters. The largest absolute Gasteiger partial charge is 0.479 e. The molecule has 1 heterocycles. The van der Waals surface area contributed by atoms with Crippen LogP contribution < -0.4 is 15.0 Å². The Morgan fingerprint density at radius 2 is 1.86 bits per heavy atom. The molecule has 0 saturated heterocycles. The van der Waals surface area contributed by atoms with Gasteiger partial charge in [-0.3, -0.25) is 9.59 Å². The molecule has 5 nitrogen and oxygen atoms in total. The first kappa shape index (κ1) is 19.9. The number of hydrogen-bond donors (Lipinski definition) is 1. The first-order valence-electron chi connectivity index (χ1n) is 10.00. The second-order valence-electron chi connectivity index (χ2n) is 7.17. The zero-order chi connectivity index (χ0) is 20.1. The van der Waals surface area contributed by atoms with E-state index in [1.165, 1.54) is 5.56 Å². The van der Waals surface area contributed by atoms with Gasteiger partial charge in [-0.05, 0) is 43.9 Å². The van der Waals surface area contributed by atoms with Gasteiger partial charge in [0, 0.05) is 24.2 Å². The predicted octanol–water partition coefficient (Wildman–Crippen LogP) is 4.42. The lowest BCUT2D eigenvalue weighted by molar-refractivity contribution is -0.125. The van der Waals surface area contributed by atoms with Crippen molar-refractivity contribution in [2.45, 2.75) is 46.1 Å². The van der Waals surface area contributed by atoms with E-state index in [9.17, 15) is 9.59 Å². The van der Waals surface area contributed by atoms with Gasteiger partial charge in [-0.1, -0.05) is 44.2 Å². The van der Waals surface area contributed by atoms with E-state index >= 15 is 0 Å². The van der Waals surface area contributed by atoms with Crippen molar-refractivity contribution in [2.75, 3.05) is 16.8 Å². The molecular formula is C23H28N2O3. The summed E-state index contributed by atoms with van der Waals surface area (Å²) in [6.45, 7) is 6.38. The number of fused-ring (bicyclic) bond motifs is 1. The maximum Gasteiger partial charge on any atom is 0.267 e. The lowest BCUT2D eigenvalue weighted by Crippen LogP contribution is -2.45. The van der Waals surface area contributed by atoms with Gasteiger partial charge in [-0.2, -0.15) is 0 Å². The number of ether oxygens (including phenoxy) is 1. The van der Waals surface area contributed by atoms with Crippen LogP contribution in [0.5, 0.6) is 5.75 Å². The van der Waals surface area contributed by atoms with Crippen LogP contribution in [0.1, 0.15) is 39.2 Å². The summed E-state index contributed by atoms with van der Waals surface area (Å²) in [6, 6.07) is 15.6. The van der Waals surface area contributed by atoms with Crippen LogP contribution in [0.3, 0.4) is 0 Å². The van der Waals surface area contributed by atoms with E-state index in [1.54, 1.807) is 11.8 Å². The molecule has 0 spiro atoms. The number of amides is 2. The van der Waals surface area contributed by atoms with Crippen molar-refractivity contribution < 1.29 is 14.3 Å². The third kappa shape index (κ3) is 4.35. The van der Waals surface area contributed by atoms with Gasteiger partial charge < -0.3 is 15.0 Å². The number of anilines is 2. The molecule has 5 heteroatoms. The van der Waals surface area contributed by atoms with Crippen LogP contribution in [0.15, 0.2) is 48.5 Å². The van der Waals surface area contributed by atoms with Gasteiger partial charge in [0.05, 0.1) is 5.69 Å². The second-order valence-corrected chi connectivity index (χ2v) is 7.17. The fraction of sp³-hybridized carbons (Fsp3) is 0.391. The van der Waals surface area contributed by atoms with Crippen molar-refractivity contribution in [3.8, 4) is 5.75 Å². The molecule has 0 aliphatic carbocycles. The second kappa shape index (κ2) is 8.91. The number of nitrogens with zero attached hydrogens (tertiary/aromatic N) is 1. The molecule has 3 rings (SSSR count). The number of hydrogen-bond acceptors (Lipinski definition) is 3. The summed E-state index contributed by atoms with van der Waals surface area (Å²) < 4.78 is 5.82. The molecule has 0 bridgehead atoms. The predicted molar refractivity (Wildman–Crippen MR) is 112 cm³/mol. The van der Waals surface area contributed by atoms with Crippen molar-refractivity contribution in [1.82, 2.24) is 0 Å². The average Bonchev–Trinajstić information content (AvgIpc) is 2.70. The minimum Gasteiger partial charge on any atom is -0.479 e. The molecule has 148 valence electrons. The van der Waals surface area contributed by atoms with E-state index in [-0.39, 0.29) is 17.7 Å². The summed E-state index contributed by atoms with van der Waals surface area (Å²) in [5, 5.41) is 2.97. The molecule has 1 N–H and O–H groups in total. The van der Waals surface area contributed by atoms with E-state index in [2.05, 4.69) is 17.4 Å². The van der Waals surface area contributed by atoms with E-state index in [0.29, 0.717) is 18.0 Å². The van der Waals surface area contributed by atoms with Crippen LogP contribution in [-0.2, 0) is 16.0 Å². The van der Waals surface area contributed by atoms with Crippen molar-refractivity contribution in [3.05, 3.63) is 54.1 Å². The van der Waals surface area contributed by atoms with Crippen LogP contribution in [0.4, 0.5) is 11.4 Å². The number of carbonyl (C=O) groups excluding carboxylic acids is 2.